The van der Waals surface area contributed by atoms with Crippen molar-refractivity contribution in [3.05, 3.63) is 176 Å². The average Bonchev–Trinajstić information content (AvgIpc) is 3.50. The maximum absolute atomic E-state index is 6.39. The highest BCUT2D eigenvalue weighted by atomic mass is 16.3. The number of furan rings is 1. The smallest absolute Gasteiger partial charge is 0.137 e. The van der Waals surface area contributed by atoms with E-state index in [1.165, 1.54) is 32.7 Å². The largest absolute Gasteiger partial charge is 0.456 e. The van der Waals surface area contributed by atoms with E-state index in [2.05, 4.69) is 169 Å². The van der Waals surface area contributed by atoms with E-state index >= 15 is 0 Å². The van der Waals surface area contributed by atoms with Crippen LogP contribution in [0.3, 0.4) is 0 Å². The van der Waals surface area contributed by atoms with E-state index in [4.69, 9.17) is 4.42 Å². The van der Waals surface area contributed by atoms with Gasteiger partial charge in [-0.3, -0.25) is 0 Å². The lowest BCUT2D eigenvalue weighted by atomic mass is 9.94. The lowest BCUT2D eigenvalue weighted by Gasteiger charge is -2.29. The topological polar surface area (TPSA) is 16.4 Å². The molecule has 8 aromatic carbocycles. The highest BCUT2D eigenvalue weighted by molar-refractivity contribution is 6.07. The quantitative estimate of drug-likeness (QED) is 0.199. The Morgan fingerprint density at radius 3 is 1.78 bits per heavy atom. The van der Waals surface area contributed by atoms with Crippen LogP contribution in [0.5, 0.6) is 0 Å². The van der Waals surface area contributed by atoms with Crippen LogP contribution in [0.15, 0.2) is 180 Å². The van der Waals surface area contributed by atoms with Crippen molar-refractivity contribution in [2.75, 3.05) is 4.90 Å². The number of nitrogens with zero attached hydrogens (tertiary/aromatic N) is 1. The van der Waals surface area contributed by atoms with E-state index < -0.39 is 0 Å². The van der Waals surface area contributed by atoms with Crippen LogP contribution in [0.4, 0.5) is 17.1 Å². The molecule has 0 aliphatic heterocycles. The number of para-hydroxylation sites is 2. The van der Waals surface area contributed by atoms with E-state index in [-0.39, 0.29) is 0 Å². The molecule has 0 amide bonds. The van der Waals surface area contributed by atoms with Gasteiger partial charge in [0.15, 0.2) is 0 Å². The number of rotatable bonds is 5. The molecule has 0 aliphatic rings. The van der Waals surface area contributed by atoms with Crippen molar-refractivity contribution in [1.29, 1.82) is 0 Å². The van der Waals surface area contributed by atoms with Crippen molar-refractivity contribution in [2.24, 2.45) is 0 Å². The van der Waals surface area contributed by atoms with Gasteiger partial charge >= 0.3 is 0 Å². The number of fused-ring (bicyclic) bond motifs is 5. The lowest BCUT2D eigenvalue weighted by molar-refractivity contribution is 0.669. The van der Waals surface area contributed by atoms with Crippen LogP contribution in [0.25, 0.3) is 65.7 Å². The van der Waals surface area contributed by atoms with Gasteiger partial charge in [-0.2, -0.15) is 0 Å². The van der Waals surface area contributed by atoms with Crippen molar-refractivity contribution < 1.29 is 4.42 Å². The predicted molar refractivity (Wildman–Crippen MR) is 194 cm³/mol. The first kappa shape index (κ1) is 26.3. The third kappa shape index (κ3) is 4.35. The van der Waals surface area contributed by atoms with Crippen molar-refractivity contribution in [3.8, 4) is 22.3 Å². The first-order chi connectivity index (χ1) is 22.8. The minimum atomic E-state index is 0.874. The maximum atomic E-state index is 6.39. The molecule has 0 radical (unpaired) electrons. The van der Waals surface area contributed by atoms with Crippen LogP contribution >= 0.6 is 0 Å². The van der Waals surface area contributed by atoms with Crippen LogP contribution in [-0.2, 0) is 0 Å². The molecule has 0 saturated heterocycles. The SMILES string of the molecule is c1cc(-c2ccccc2N(c2ccc3c(c2)oc2ccccc23)c2cccc3ccccc23)cc(-c2cccc3ccccc23)c1. The summed E-state index contributed by atoms with van der Waals surface area (Å²) in [5, 5.41) is 7.14. The fraction of sp³-hybridized carbons (Fsp3) is 0. The molecule has 2 heteroatoms. The maximum Gasteiger partial charge on any atom is 0.137 e. The second-order valence-corrected chi connectivity index (χ2v) is 11.7. The van der Waals surface area contributed by atoms with E-state index in [9.17, 15) is 0 Å². The van der Waals surface area contributed by atoms with Gasteiger partial charge in [0, 0.05) is 33.5 Å². The molecule has 9 rings (SSSR count). The zero-order valence-corrected chi connectivity index (χ0v) is 25.1. The summed E-state index contributed by atoms with van der Waals surface area (Å²) in [4.78, 5) is 2.38. The van der Waals surface area contributed by atoms with Gasteiger partial charge in [-0.25, -0.2) is 0 Å². The zero-order chi connectivity index (χ0) is 30.5. The molecule has 0 aliphatic carbocycles. The van der Waals surface area contributed by atoms with Gasteiger partial charge in [-0.05, 0) is 69.2 Å². The fourth-order valence-corrected chi connectivity index (χ4v) is 6.91. The van der Waals surface area contributed by atoms with Crippen molar-refractivity contribution in [1.82, 2.24) is 0 Å². The van der Waals surface area contributed by atoms with E-state index in [1.807, 2.05) is 12.1 Å². The molecule has 9 aromatic rings. The van der Waals surface area contributed by atoms with Crippen LogP contribution in [0.1, 0.15) is 0 Å². The summed E-state index contributed by atoms with van der Waals surface area (Å²) in [6.07, 6.45) is 0. The third-order valence-electron chi connectivity index (χ3n) is 9.05. The Morgan fingerprint density at radius 2 is 0.913 bits per heavy atom. The Kier molecular flexibility index (Phi) is 6.17. The van der Waals surface area contributed by atoms with Gasteiger partial charge in [0.25, 0.3) is 0 Å². The first-order valence-electron chi connectivity index (χ1n) is 15.7. The Hall–Kier alpha value is -6.12. The molecule has 0 saturated carbocycles. The Morgan fingerprint density at radius 1 is 0.348 bits per heavy atom. The molecule has 0 N–H and O–H groups in total. The first-order valence-corrected chi connectivity index (χ1v) is 15.7. The summed E-state index contributed by atoms with van der Waals surface area (Å²) in [5.74, 6) is 0. The molecule has 0 spiro atoms. The molecule has 0 fully saturated rings. The van der Waals surface area contributed by atoms with Crippen LogP contribution in [-0.4, -0.2) is 0 Å². The highest BCUT2D eigenvalue weighted by Gasteiger charge is 2.20. The van der Waals surface area contributed by atoms with Gasteiger partial charge in [0.1, 0.15) is 11.2 Å². The lowest BCUT2D eigenvalue weighted by Crippen LogP contribution is -2.11. The van der Waals surface area contributed by atoms with Crippen molar-refractivity contribution in [3.63, 3.8) is 0 Å². The summed E-state index contributed by atoms with van der Waals surface area (Å²) >= 11 is 0. The Bertz CT molecular complexity index is 2550. The monoisotopic (exact) mass is 587 g/mol. The van der Waals surface area contributed by atoms with Gasteiger partial charge in [-0.1, -0.05) is 133 Å². The van der Waals surface area contributed by atoms with Gasteiger partial charge < -0.3 is 9.32 Å². The molecular weight excluding hydrogens is 558 g/mol. The number of benzene rings is 8. The Labute approximate surface area is 267 Å². The summed E-state index contributed by atoms with van der Waals surface area (Å²) in [7, 11) is 0. The summed E-state index contributed by atoms with van der Waals surface area (Å²) in [6, 6.07) is 62.8. The van der Waals surface area contributed by atoms with Crippen LogP contribution < -0.4 is 4.90 Å². The molecule has 46 heavy (non-hydrogen) atoms. The van der Waals surface area contributed by atoms with Gasteiger partial charge in [0.05, 0.1) is 11.4 Å². The number of anilines is 3. The van der Waals surface area contributed by atoms with Gasteiger partial charge in [-0.15, -0.1) is 0 Å². The van der Waals surface area contributed by atoms with Crippen LogP contribution in [0, 0.1) is 0 Å². The number of hydrogen-bond acceptors (Lipinski definition) is 2. The normalized spacial score (nSPS) is 11.5. The second-order valence-electron chi connectivity index (χ2n) is 11.7. The third-order valence-corrected chi connectivity index (χ3v) is 9.05. The Balaban J connectivity index is 1.27. The minimum Gasteiger partial charge on any atom is -0.456 e. The van der Waals surface area contributed by atoms with E-state index in [0.29, 0.717) is 0 Å². The van der Waals surface area contributed by atoms with Crippen molar-refractivity contribution >= 4 is 60.5 Å². The molecule has 216 valence electrons. The molecule has 0 atom stereocenters. The van der Waals surface area contributed by atoms with Crippen LogP contribution in [0.2, 0.25) is 0 Å². The van der Waals surface area contributed by atoms with E-state index in [1.54, 1.807) is 0 Å². The molecule has 1 heterocycles. The molecule has 0 unspecified atom stereocenters. The predicted octanol–water partition coefficient (Wildman–Crippen LogP) is 12.7. The molecule has 0 bridgehead atoms. The molecule has 1 aromatic heterocycles. The zero-order valence-electron chi connectivity index (χ0n) is 25.1. The second kappa shape index (κ2) is 10.8. The standard InChI is InChI=1S/C44H29NO/c1-3-18-35-30(12-1)14-10-22-36(35)32-16-9-17-33(28-32)38-20-5-7-23-41(38)45(42-24-11-15-31-13-2-4-19-37(31)42)34-26-27-40-39-21-6-8-25-43(39)46-44(40)29-34/h1-29H. The average molecular weight is 588 g/mol. The van der Waals surface area contributed by atoms with Gasteiger partial charge in [0.2, 0.25) is 0 Å². The summed E-state index contributed by atoms with van der Waals surface area (Å²) in [6.45, 7) is 0. The summed E-state index contributed by atoms with van der Waals surface area (Å²) in [5.41, 5.74) is 9.79. The minimum absolute atomic E-state index is 0.874. The molecular formula is C44H29NO. The number of hydrogen-bond donors (Lipinski definition) is 0. The van der Waals surface area contributed by atoms with Crippen molar-refractivity contribution in [2.45, 2.75) is 0 Å². The van der Waals surface area contributed by atoms with E-state index in [0.717, 1.165) is 50.1 Å². The fourth-order valence-electron chi connectivity index (χ4n) is 6.91. The highest BCUT2D eigenvalue weighted by Crippen LogP contribution is 2.45. The molecule has 2 nitrogen and oxygen atoms in total. The summed E-state index contributed by atoms with van der Waals surface area (Å²) < 4.78 is 6.39.